The van der Waals surface area contributed by atoms with Gasteiger partial charge in [-0.3, -0.25) is 4.79 Å². The average Bonchev–Trinajstić information content (AvgIpc) is 2.55. The van der Waals surface area contributed by atoms with E-state index in [1.54, 1.807) is 13.2 Å². The van der Waals surface area contributed by atoms with Gasteiger partial charge in [-0.25, -0.2) is 0 Å². The molecule has 1 aromatic heterocycles. The van der Waals surface area contributed by atoms with Crippen LogP contribution >= 0.6 is 0 Å². The van der Waals surface area contributed by atoms with Crippen molar-refractivity contribution in [3.8, 4) is 5.75 Å². The monoisotopic (exact) mass is 285 g/mol. The molecule has 1 heterocycles. The second-order valence-corrected chi connectivity index (χ2v) is 4.71. The quantitative estimate of drug-likeness (QED) is 0.818. The summed E-state index contributed by atoms with van der Waals surface area (Å²) in [7, 11) is 1.64. The third kappa shape index (κ3) is 4.02. The van der Waals surface area contributed by atoms with Crippen LogP contribution in [-0.4, -0.2) is 34.7 Å². The second kappa shape index (κ2) is 7.38. The van der Waals surface area contributed by atoms with E-state index in [1.165, 1.54) is 12.4 Å². The summed E-state index contributed by atoms with van der Waals surface area (Å²) in [5.41, 5.74) is 1.60. The van der Waals surface area contributed by atoms with E-state index in [2.05, 4.69) is 17.1 Å². The van der Waals surface area contributed by atoms with Crippen molar-refractivity contribution in [2.24, 2.45) is 0 Å². The van der Waals surface area contributed by atoms with Crippen LogP contribution < -0.4 is 4.74 Å². The third-order valence-electron chi connectivity index (χ3n) is 3.12. The fourth-order valence-electron chi connectivity index (χ4n) is 2.11. The molecule has 0 fully saturated rings. The minimum atomic E-state index is -0.0328. The number of carbonyl (C=O) groups excluding carboxylic acids is 1. The van der Waals surface area contributed by atoms with Gasteiger partial charge in [0.2, 0.25) is 0 Å². The molecule has 5 nitrogen and oxygen atoms in total. The predicted octanol–water partition coefficient (Wildman–Crippen LogP) is 2.54. The number of rotatable bonds is 6. The Balaban J connectivity index is 2.17. The Kier molecular flexibility index (Phi) is 5.26. The number of methoxy groups -OCH3 is 1. The molecule has 0 bridgehead atoms. The van der Waals surface area contributed by atoms with Gasteiger partial charge >= 0.3 is 0 Å². The van der Waals surface area contributed by atoms with Crippen molar-refractivity contribution in [3.63, 3.8) is 0 Å². The molecule has 1 aromatic carbocycles. The van der Waals surface area contributed by atoms with E-state index in [4.69, 9.17) is 4.74 Å². The molecule has 0 aliphatic heterocycles. The average molecular weight is 285 g/mol. The van der Waals surface area contributed by atoms with Gasteiger partial charge in [0, 0.05) is 13.1 Å². The van der Waals surface area contributed by atoms with Gasteiger partial charge in [-0.1, -0.05) is 19.1 Å². The molecule has 0 atom stereocenters. The molecular formula is C16H19N3O2. The van der Waals surface area contributed by atoms with Crippen LogP contribution in [0.25, 0.3) is 0 Å². The topological polar surface area (TPSA) is 55.3 Å². The van der Waals surface area contributed by atoms with E-state index in [-0.39, 0.29) is 5.91 Å². The van der Waals surface area contributed by atoms with Gasteiger partial charge in [0.05, 0.1) is 25.1 Å². The number of nitrogens with zero attached hydrogens (tertiary/aromatic N) is 3. The minimum Gasteiger partial charge on any atom is -0.497 e. The summed E-state index contributed by atoms with van der Waals surface area (Å²) in [6.45, 7) is 3.29. The first-order chi connectivity index (χ1) is 10.2. The second-order valence-electron chi connectivity index (χ2n) is 4.71. The molecule has 21 heavy (non-hydrogen) atoms. The summed E-state index contributed by atoms with van der Waals surface area (Å²) in [6, 6.07) is 9.44. The summed E-state index contributed by atoms with van der Waals surface area (Å²) >= 11 is 0. The first kappa shape index (κ1) is 15.0. The molecule has 110 valence electrons. The van der Waals surface area contributed by atoms with Crippen molar-refractivity contribution in [2.75, 3.05) is 13.7 Å². The lowest BCUT2D eigenvalue weighted by atomic mass is 10.1. The number of hydrogen-bond acceptors (Lipinski definition) is 4. The molecule has 1 amide bonds. The molecule has 0 saturated heterocycles. The SMILES string of the molecule is CCCN(Cc1cccc(OC)c1)C(=O)c1ccnnc1. The molecule has 2 aromatic rings. The van der Waals surface area contributed by atoms with Gasteiger partial charge < -0.3 is 9.64 Å². The molecule has 2 rings (SSSR count). The normalized spacial score (nSPS) is 10.2. The molecule has 0 unspecified atom stereocenters. The largest absolute Gasteiger partial charge is 0.497 e. The van der Waals surface area contributed by atoms with Crippen LogP contribution in [0, 0.1) is 0 Å². The van der Waals surface area contributed by atoms with Crippen LogP contribution in [0.4, 0.5) is 0 Å². The lowest BCUT2D eigenvalue weighted by molar-refractivity contribution is 0.0742. The summed E-state index contributed by atoms with van der Waals surface area (Å²) in [5, 5.41) is 7.47. The Morgan fingerprint density at radius 1 is 1.29 bits per heavy atom. The van der Waals surface area contributed by atoms with Crippen LogP contribution in [0.15, 0.2) is 42.7 Å². The summed E-state index contributed by atoms with van der Waals surface area (Å²) in [4.78, 5) is 14.3. The summed E-state index contributed by atoms with van der Waals surface area (Å²) in [6.07, 6.45) is 3.92. The molecule has 5 heteroatoms. The summed E-state index contributed by atoms with van der Waals surface area (Å²) in [5.74, 6) is 0.761. The van der Waals surface area contributed by atoms with E-state index in [0.29, 0.717) is 18.7 Å². The first-order valence-corrected chi connectivity index (χ1v) is 6.93. The predicted molar refractivity (Wildman–Crippen MR) is 80.1 cm³/mol. The van der Waals surface area contributed by atoms with E-state index in [9.17, 15) is 4.79 Å². The number of aromatic nitrogens is 2. The third-order valence-corrected chi connectivity index (χ3v) is 3.12. The maximum absolute atomic E-state index is 12.5. The van der Waals surface area contributed by atoms with Gasteiger partial charge in [0.1, 0.15) is 5.75 Å². The number of carbonyl (C=O) groups is 1. The van der Waals surface area contributed by atoms with E-state index in [1.807, 2.05) is 29.2 Å². The smallest absolute Gasteiger partial charge is 0.255 e. The zero-order chi connectivity index (χ0) is 15.1. The van der Waals surface area contributed by atoms with E-state index >= 15 is 0 Å². The zero-order valence-corrected chi connectivity index (χ0v) is 12.3. The van der Waals surface area contributed by atoms with Crippen LogP contribution in [-0.2, 0) is 6.54 Å². The lowest BCUT2D eigenvalue weighted by Gasteiger charge is -2.22. The highest BCUT2D eigenvalue weighted by Crippen LogP contribution is 2.16. The van der Waals surface area contributed by atoms with Crippen LogP contribution in [0.1, 0.15) is 29.3 Å². The Labute approximate surface area is 124 Å². The molecule has 0 aliphatic rings. The van der Waals surface area contributed by atoms with Crippen molar-refractivity contribution in [3.05, 3.63) is 53.9 Å². The maximum Gasteiger partial charge on any atom is 0.255 e. The van der Waals surface area contributed by atoms with Crippen molar-refractivity contribution in [1.29, 1.82) is 0 Å². The van der Waals surface area contributed by atoms with Gasteiger partial charge in [0.25, 0.3) is 5.91 Å². The highest BCUT2D eigenvalue weighted by molar-refractivity contribution is 5.93. The van der Waals surface area contributed by atoms with Crippen molar-refractivity contribution in [2.45, 2.75) is 19.9 Å². The molecule has 0 spiro atoms. The van der Waals surface area contributed by atoms with E-state index < -0.39 is 0 Å². The van der Waals surface area contributed by atoms with E-state index in [0.717, 1.165) is 17.7 Å². The number of benzene rings is 1. The molecule has 0 radical (unpaired) electrons. The molecular weight excluding hydrogens is 266 g/mol. The number of hydrogen-bond donors (Lipinski definition) is 0. The maximum atomic E-state index is 12.5. The number of amides is 1. The Morgan fingerprint density at radius 3 is 2.81 bits per heavy atom. The van der Waals surface area contributed by atoms with Crippen molar-refractivity contribution < 1.29 is 9.53 Å². The van der Waals surface area contributed by atoms with Crippen LogP contribution in [0.2, 0.25) is 0 Å². The fraction of sp³-hybridized carbons (Fsp3) is 0.312. The Bertz CT molecular complexity index is 587. The molecule has 0 saturated carbocycles. The minimum absolute atomic E-state index is 0.0328. The van der Waals surface area contributed by atoms with Crippen LogP contribution in [0.3, 0.4) is 0 Å². The molecule has 0 aliphatic carbocycles. The fourth-order valence-corrected chi connectivity index (χ4v) is 2.11. The van der Waals surface area contributed by atoms with Crippen molar-refractivity contribution in [1.82, 2.24) is 15.1 Å². The van der Waals surface area contributed by atoms with Crippen molar-refractivity contribution >= 4 is 5.91 Å². The van der Waals surface area contributed by atoms with Gasteiger partial charge in [-0.2, -0.15) is 10.2 Å². The van der Waals surface area contributed by atoms with Gasteiger partial charge in [0.15, 0.2) is 0 Å². The standard InChI is InChI=1S/C16H19N3O2/c1-3-9-19(16(20)14-7-8-17-18-11-14)12-13-5-4-6-15(10-13)21-2/h4-8,10-11H,3,9,12H2,1-2H3. The number of ether oxygens (including phenoxy) is 1. The van der Waals surface area contributed by atoms with Crippen LogP contribution in [0.5, 0.6) is 5.75 Å². The van der Waals surface area contributed by atoms with Gasteiger partial charge in [-0.05, 0) is 30.2 Å². The first-order valence-electron chi connectivity index (χ1n) is 6.93. The summed E-state index contributed by atoms with van der Waals surface area (Å²) < 4.78 is 5.22. The highest BCUT2D eigenvalue weighted by Gasteiger charge is 2.15. The Morgan fingerprint density at radius 2 is 2.14 bits per heavy atom. The zero-order valence-electron chi connectivity index (χ0n) is 12.3. The highest BCUT2D eigenvalue weighted by atomic mass is 16.5. The lowest BCUT2D eigenvalue weighted by Crippen LogP contribution is -2.31. The van der Waals surface area contributed by atoms with Gasteiger partial charge in [-0.15, -0.1) is 0 Å². The Hall–Kier alpha value is -2.43. The molecule has 0 N–H and O–H groups in total.